The minimum Gasteiger partial charge on any atom is -0.352 e. The molecule has 1 aliphatic rings. The van der Waals surface area contributed by atoms with Crippen molar-refractivity contribution >= 4 is 33.2 Å². The molecular weight excluding hydrogens is 428 g/mol. The van der Waals surface area contributed by atoms with E-state index in [1.165, 1.54) is 0 Å². The van der Waals surface area contributed by atoms with Crippen LogP contribution in [0.15, 0.2) is 54.6 Å². The van der Waals surface area contributed by atoms with Gasteiger partial charge in [0.05, 0.1) is 18.5 Å². The number of carbonyl (C=O) groups excluding carboxylic acids is 2. The third-order valence-corrected chi connectivity index (χ3v) is 6.58. The number of rotatable bonds is 8. The molecule has 1 fully saturated rings. The van der Waals surface area contributed by atoms with E-state index in [0.717, 1.165) is 21.8 Å². The van der Waals surface area contributed by atoms with E-state index in [9.17, 15) is 18.0 Å². The van der Waals surface area contributed by atoms with Crippen LogP contribution in [0.5, 0.6) is 0 Å². The number of carbonyl (C=O) groups is 2. The Bertz CT molecular complexity index is 1030. The number of nitrogens with zero attached hydrogens (tertiary/aromatic N) is 2. The molecule has 3 rings (SSSR count). The highest BCUT2D eigenvalue weighted by molar-refractivity contribution is 7.92. The van der Waals surface area contributed by atoms with Crippen LogP contribution in [-0.4, -0.2) is 63.6 Å². The van der Waals surface area contributed by atoms with Crippen LogP contribution in [0.3, 0.4) is 0 Å². The minimum atomic E-state index is -3.60. The summed E-state index contributed by atoms with van der Waals surface area (Å²) in [7, 11) is -3.60. The number of likely N-dealkylation sites (tertiary alicyclic amines) is 1. The van der Waals surface area contributed by atoms with Crippen molar-refractivity contribution in [3.05, 3.63) is 60.2 Å². The Labute approximate surface area is 189 Å². The SMILES string of the molecule is Cc1ccccc1N(CC(=O)NC1CCN(CC(=O)Nc2ccccc2)CC1)S(C)(=O)=O. The maximum Gasteiger partial charge on any atom is 0.240 e. The lowest BCUT2D eigenvalue weighted by atomic mass is 10.0. The minimum absolute atomic E-state index is 0.0470. The molecule has 172 valence electrons. The molecule has 1 aliphatic heterocycles. The summed E-state index contributed by atoms with van der Waals surface area (Å²) in [6.07, 6.45) is 2.51. The fourth-order valence-electron chi connectivity index (χ4n) is 3.79. The second-order valence-electron chi connectivity index (χ2n) is 8.09. The van der Waals surface area contributed by atoms with Gasteiger partial charge in [0.15, 0.2) is 0 Å². The van der Waals surface area contributed by atoms with Crippen molar-refractivity contribution in [3.8, 4) is 0 Å². The van der Waals surface area contributed by atoms with Crippen LogP contribution >= 0.6 is 0 Å². The van der Waals surface area contributed by atoms with Gasteiger partial charge in [0.25, 0.3) is 0 Å². The summed E-state index contributed by atoms with van der Waals surface area (Å²) in [5, 5.41) is 5.83. The average molecular weight is 459 g/mol. The summed E-state index contributed by atoms with van der Waals surface area (Å²) < 4.78 is 25.7. The molecule has 2 amide bonds. The Balaban J connectivity index is 1.48. The van der Waals surface area contributed by atoms with E-state index < -0.39 is 10.0 Å². The second kappa shape index (κ2) is 10.6. The van der Waals surface area contributed by atoms with E-state index in [-0.39, 0.29) is 24.4 Å². The van der Waals surface area contributed by atoms with Crippen LogP contribution in [0, 0.1) is 6.92 Å². The van der Waals surface area contributed by atoms with E-state index in [1.807, 2.05) is 49.4 Å². The van der Waals surface area contributed by atoms with Crippen molar-refractivity contribution < 1.29 is 18.0 Å². The van der Waals surface area contributed by atoms with Crippen molar-refractivity contribution in [1.82, 2.24) is 10.2 Å². The lowest BCUT2D eigenvalue weighted by molar-refractivity contribution is -0.121. The standard InChI is InChI=1S/C23H30N4O4S/c1-18-8-6-7-11-21(18)27(32(2,30)31)17-23(29)25-20-12-14-26(15-13-20)16-22(28)24-19-9-4-3-5-10-19/h3-11,20H,12-17H2,1-2H3,(H,24,28)(H,25,29). The summed E-state index contributed by atoms with van der Waals surface area (Å²) in [4.78, 5) is 26.9. The van der Waals surface area contributed by atoms with Gasteiger partial charge in [-0.2, -0.15) is 0 Å². The number of para-hydroxylation sites is 2. The lowest BCUT2D eigenvalue weighted by Crippen LogP contribution is -2.49. The van der Waals surface area contributed by atoms with Crippen LogP contribution < -0.4 is 14.9 Å². The molecule has 2 aromatic rings. The number of piperidine rings is 1. The molecule has 0 unspecified atom stereocenters. The van der Waals surface area contributed by atoms with Crippen molar-refractivity contribution in [2.45, 2.75) is 25.8 Å². The molecular formula is C23H30N4O4S. The third kappa shape index (κ3) is 6.80. The summed E-state index contributed by atoms with van der Waals surface area (Å²) in [6, 6.07) is 16.4. The number of benzene rings is 2. The van der Waals surface area contributed by atoms with Gasteiger partial charge in [-0.05, 0) is 43.5 Å². The van der Waals surface area contributed by atoms with E-state index >= 15 is 0 Å². The number of aryl methyl sites for hydroxylation is 1. The maximum absolute atomic E-state index is 12.6. The summed E-state index contributed by atoms with van der Waals surface area (Å²) >= 11 is 0. The fraction of sp³-hybridized carbons (Fsp3) is 0.391. The van der Waals surface area contributed by atoms with Crippen LogP contribution in [0.2, 0.25) is 0 Å². The van der Waals surface area contributed by atoms with E-state index in [1.54, 1.807) is 12.1 Å². The summed E-state index contributed by atoms with van der Waals surface area (Å²) in [5.41, 5.74) is 2.06. The van der Waals surface area contributed by atoms with Gasteiger partial charge in [0.2, 0.25) is 21.8 Å². The zero-order valence-corrected chi connectivity index (χ0v) is 19.3. The molecule has 1 saturated heterocycles. The molecule has 1 heterocycles. The Morgan fingerprint density at radius 1 is 1.00 bits per heavy atom. The van der Waals surface area contributed by atoms with Gasteiger partial charge in [-0.1, -0.05) is 36.4 Å². The van der Waals surface area contributed by atoms with Crippen molar-refractivity contribution in [2.75, 3.05) is 42.1 Å². The largest absolute Gasteiger partial charge is 0.352 e. The Morgan fingerprint density at radius 2 is 1.62 bits per heavy atom. The highest BCUT2D eigenvalue weighted by Crippen LogP contribution is 2.22. The average Bonchev–Trinajstić information content (AvgIpc) is 2.74. The third-order valence-electron chi connectivity index (χ3n) is 5.45. The first-order chi connectivity index (χ1) is 15.2. The summed E-state index contributed by atoms with van der Waals surface area (Å²) in [6.45, 7) is 3.21. The molecule has 0 aromatic heterocycles. The predicted molar refractivity (Wildman–Crippen MR) is 126 cm³/mol. The fourth-order valence-corrected chi connectivity index (χ4v) is 4.70. The van der Waals surface area contributed by atoms with Gasteiger partial charge in [0, 0.05) is 24.8 Å². The summed E-state index contributed by atoms with van der Waals surface area (Å²) in [5.74, 6) is -0.403. The van der Waals surface area contributed by atoms with Crippen molar-refractivity contribution in [3.63, 3.8) is 0 Å². The lowest BCUT2D eigenvalue weighted by Gasteiger charge is -2.32. The zero-order chi connectivity index (χ0) is 23.1. The smallest absolute Gasteiger partial charge is 0.240 e. The topological polar surface area (TPSA) is 98.8 Å². The van der Waals surface area contributed by atoms with Crippen LogP contribution in [0.1, 0.15) is 18.4 Å². The van der Waals surface area contributed by atoms with Gasteiger partial charge in [-0.3, -0.25) is 18.8 Å². The van der Waals surface area contributed by atoms with Crippen molar-refractivity contribution in [1.29, 1.82) is 0 Å². The van der Waals surface area contributed by atoms with E-state index in [4.69, 9.17) is 0 Å². The van der Waals surface area contributed by atoms with Crippen LogP contribution in [0.4, 0.5) is 11.4 Å². The number of nitrogens with one attached hydrogen (secondary N) is 2. The van der Waals surface area contributed by atoms with E-state index in [2.05, 4.69) is 15.5 Å². The monoisotopic (exact) mass is 458 g/mol. The number of sulfonamides is 1. The molecule has 0 atom stereocenters. The number of hydrogen-bond donors (Lipinski definition) is 2. The first-order valence-corrected chi connectivity index (χ1v) is 12.5. The molecule has 8 nitrogen and oxygen atoms in total. The van der Waals surface area contributed by atoms with Crippen LogP contribution in [0.25, 0.3) is 0 Å². The van der Waals surface area contributed by atoms with Gasteiger partial charge >= 0.3 is 0 Å². The molecule has 2 aromatic carbocycles. The molecule has 0 bridgehead atoms. The number of anilines is 2. The van der Waals surface area contributed by atoms with Crippen molar-refractivity contribution in [2.24, 2.45) is 0 Å². The first-order valence-electron chi connectivity index (χ1n) is 10.6. The van der Waals surface area contributed by atoms with Crippen LogP contribution in [-0.2, 0) is 19.6 Å². The second-order valence-corrected chi connectivity index (χ2v) is 10.00. The molecule has 0 radical (unpaired) electrons. The zero-order valence-electron chi connectivity index (χ0n) is 18.5. The van der Waals surface area contributed by atoms with Gasteiger partial charge < -0.3 is 10.6 Å². The number of hydrogen-bond acceptors (Lipinski definition) is 5. The molecule has 32 heavy (non-hydrogen) atoms. The molecule has 0 aliphatic carbocycles. The van der Waals surface area contributed by atoms with Gasteiger partial charge in [-0.15, -0.1) is 0 Å². The number of amides is 2. The first kappa shape index (κ1) is 23.7. The molecule has 0 saturated carbocycles. The Kier molecular flexibility index (Phi) is 7.87. The highest BCUT2D eigenvalue weighted by Gasteiger charge is 2.26. The highest BCUT2D eigenvalue weighted by atomic mass is 32.2. The normalized spacial score (nSPS) is 15.2. The molecule has 9 heteroatoms. The Morgan fingerprint density at radius 3 is 2.25 bits per heavy atom. The van der Waals surface area contributed by atoms with Gasteiger partial charge in [-0.25, -0.2) is 8.42 Å². The molecule has 2 N–H and O–H groups in total. The van der Waals surface area contributed by atoms with Gasteiger partial charge in [0.1, 0.15) is 6.54 Å². The van der Waals surface area contributed by atoms with E-state index in [0.29, 0.717) is 38.2 Å². The molecule has 0 spiro atoms. The quantitative estimate of drug-likeness (QED) is 0.630. The Hall–Kier alpha value is -2.91. The maximum atomic E-state index is 12.6. The predicted octanol–water partition coefficient (Wildman–Crippen LogP) is 1.98.